The molecule has 0 unspecified atom stereocenters. The minimum atomic E-state index is 0.498. The van der Waals surface area contributed by atoms with E-state index in [1.807, 2.05) is 6.07 Å². The van der Waals surface area contributed by atoms with Gasteiger partial charge in [0.2, 0.25) is 0 Å². The lowest BCUT2D eigenvalue weighted by atomic mass is 10.1. The largest absolute Gasteiger partial charge is 0.496 e. The van der Waals surface area contributed by atoms with Crippen LogP contribution < -0.4 is 19.9 Å². The van der Waals surface area contributed by atoms with Crippen molar-refractivity contribution in [3.63, 3.8) is 0 Å². The zero-order valence-electron chi connectivity index (χ0n) is 11.5. The van der Waals surface area contributed by atoms with Crippen LogP contribution in [-0.4, -0.2) is 31.1 Å². The van der Waals surface area contributed by atoms with Crippen molar-refractivity contribution in [3.05, 3.63) is 27.5 Å². The van der Waals surface area contributed by atoms with Gasteiger partial charge in [0, 0.05) is 11.6 Å². The summed E-state index contributed by atoms with van der Waals surface area (Å²) < 4.78 is 18.6. The Morgan fingerprint density at radius 2 is 1.70 bits per heavy atom. The Balaban J connectivity index is 2.42. The maximum Gasteiger partial charge on any atom is 0.164 e. The lowest BCUT2D eigenvalue weighted by Gasteiger charge is -2.14. The normalized spacial score (nSPS) is 10.4. The third-order valence-electron chi connectivity index (χ3n) is 2.94. The lowest BCUT2D eigenvalue weighted by molar-refractivity contribution is 0.347. The average molecular weight is 389 g/mol. The molecule has 0 aliphatic heterocycles. The first-order chi connectivity index (χ1) is 9.60. The summed E-state index contributed by atoms with van der Waals surface area (Å²) in [5, 5.41) is 4.24. The van der Waals surface area contributed by atoms with Gasteiger partial charge < -0.3 is 19.9 Å². The van der Waals surface area contributed by atoms with Gasteiger partial charge in [0.1, 0.15) is 11.6 Å². The Kier molecular flexibility index (Phi) is 4.58. The molecule has 0 bridgehead atoms. The molecule has 0 atom stereocenters. The minimum absolute atomic E-state index is 0.498. The van der Waals surface area contributed by atoms with Crippen molar-refractivity contribution < 1.29 is 14.2 Å². The second kappa shape index (κ2) is 6.21. The minimum Gasteiger partial charge on any atom is -0.496 e. The van der Waals surface area contributed by atoms with Crippen LogP contribution in [0.25, 0.3) is 0 Å². The SMILES string of the molecule is COc1cc(OC)c(OC)cc1Cn1ncc(I)c1N. The van der Waals surface area contributed by atoms with Crippen molar-refractivity contribution in [3.8, 4) is 17.2 Å². The third-order valence-corrected chi connectivity index (χ3v) is 3.77. The van der Waals surface area contributed by atoms with E-state index < -0.39 is 0 Å². The summed E-state index contributed by atoms with van der Waals surface area (Å²) in [4.78, 5) is 0. The molecule has 20 heavy (non-hydrogen) atoms. The Morgan fingerprint density at radius 1 is 1.10 bits per heavy atom. The van der Waals surface area contributed by atoms with Gasteiger partial charge in [0.05, 0.1) is 37.6 Å². The second-order valence-corrected chi connectivity index (χ2v) is 5.22. The number of ether oxygens (including phenoxy) is 3. The summed E-state index contributed by atoms with van der Waals surface area (Å²) >= 11 is 2.15. The van der Waals surface area contributed by atoms with E-state index in [1.165, 1.54) is 0 Å². The lowest BCUT2D eigenvalue weighted by Crippen LogP contribution is -2.08. The van der Waals surface area contributed by atoms with Crippen LogP contribution in [0.5, 0.6) is 17.2 Å². The number of anilines is 1. The van der Waals surface area contributed by atoms with E-state index in [-0.39, 0.29) is 0 Å². The molecule has 2 aromatic rings. The Bertz CT molecular complexity index is 613. The Morgan fingerprint density at radius 3 is 2.20 bits per heavy atom. The van der Waals surface area contributed by atoms with Gasteiger partial charge in [0.25, 0.3) is 0 Å². The molecule has 0 aliphatic rings. The van der Waals surface area contributed by atoms with Crippen molar-refractivity contribution in [2.24, 2.45) is 0 Å². The standard InChI is InChI=1S/C13H16IN3O3/c1-18-10-5-12(20-3)11(19-2)4-8(10)7-17-13(15)9(14)6-16-17/h4-6H,7,15H2,1-3H3. The number of nitrogens with two attached hydrogens (primary N) is 1. The number of nitrogens with zero attached hydrogens (tertiary/aromatic N) is 2. The van der Waals surface area contributed by atoms with Gasteiger partial charge in [-0.15, -0.1) is 0 Å². The van der Waals surface area contributed by atoms with E-state index in [0.29, 0.717) is 29.6 Å². The molecule has 108 valence electrons. The maximum atomic E-state index is 5.96. The van der Waals surface area contributed by atoms with E-state index >= 15 is 0 Å². The summed E-state index contributed by atoms with van der Waals surface area (Å²) in [6, 6.07) is 3.66. The highest BCUT2D eigenvalue weighted by atomic mass is 127. The summed E-state index contributed by atoms with van der Waals surface area (Å²) in [6.07, 6.45) is 1.73. The molecular formula is C13H16IN3O3. The van der Waals surface area contributed by atoms with Crippen LogP contribution in [-0.2, 0) is 6.54 Å². The molecular weight excluding hydrogens is 373 g/mol. The highest BCUT2D eigenvalue weighted by Gasteiger charge is 2.14. The first-order valence-corrected chi connectivity index (χ1v) is 6.94. The number of methoxy groups -OCH3 is 3. The van der Waals surface area contributed by atoms with E-state index in [2.05, 4.69) is 27.7 Å². The topological polar surface area (TPSA) is 71.5 Å². The zero-order valence-corrected chi connectivity index (χ0v) is 13.7. The van der Waals surface area contributed by atoms with Crippen LogP contribution >= 0.6 is 22.6 Å². The zero-order chi connectivity index (χ0) is 14.7. The number of hydrogen-bond acceptors (Lipinski definition) is 5. The van der Waals surface area contributed by atoms with E-state index in [0.717, 1.165) is 9.13 Å². The molecule has 6 nitrogen and oxygen atoms in total. The van der Waals surface area contributed by atoms with Gasteiger partial charge in [-0.1, -0.05) is 0 Å². The van der Waals surface area contributed by atoms with Gasteiger partial charge >= 0.3 is 0 Å². The first kappa shape index (κ1) is 14.8. The molecule has 0 radical (unpaired) electrons. The molecule has 2 N–H and O–H groups in total. The molecule has 0 aliphatic carbocycles. The number of nitrogen functional groups attached to an aromatic ring is 1. The predicted molar refractivity (Wildman–Crippen MR) is 84.6 cm³/mol. The highest BCUT2D eigenvalue weighted by Crippen LogP contribution is 2.35. The molecule has 0 fully saturated rings. The molecule has 2 rings (SSSR count). The van der Waals surface area contributed by atoms with Gasteiger partial charge in [-0.2, -0.15) is 5.10 Å². The van der Waals surface area contributed by atoms with Gasteiger partial charge in [-0.25, -0.2) is 4.68 Å². The summed E-state index contributed by atoms with van der Waals surface area (Å²) in [6.45, 7) is 0.498. The van der Waals surface area contributed by atoms with Crippen LogP contribution in [0, 0.1) is 3.57 Å². The molecule has 1 aromatic carbocycles. The van der Waals surface area contributed by atoms with E-state index in [4.69, 9.17) is 19.9 Å². The molecule has 0 spiro atoms. The van der Waals surface area contributed by atoms with Gasteiger partial charge in [-0.3, -0.25) is 0 Å². The molecule has 7 heteroatoms. The first-order valence-electron chi connectivity index (χ1n) is 5.86. The molecule has 0 amide bonds. The van der Waals surface area contributed by atoms with Crippen molar-refractivity contribution in [2.75, 3.05) is 27.1 Å². The van der Waals surface area contributed by atoms with Gasteiger partial charge in [0.15, 0.2) is 11.5 Å². The second-order valence-electron chi connectivity index (χ2n) is 4.05. The Hall–Kier alpha value is -1.64. The van der Waals surface area contributed by atoms with E-state index in [1.54, 1.807) is 38.3 Å². The molecule has 0 saturated carbocycles. The average Bonchev–Trinajstić information content (AvgIpc) is 2.78. The monoisotopic (exact) mass is 389 g/mol. The van der Waals surface area contributed by atoms with Crippen molar-refractivity contribution >= 4 is 28.4 Å². The molecule has 0 saturated heterocycles. The van der Waals surface area contributed by atoms with E-state index in [9.17, 15) is 0 Å². The molecule has 1 heterocycles. The number of aromatic nitrogens is 2. The number of hydrogen-bond donors (Lipinski definition) is 1. The summed E-state index contributed by atoms with van der Waals surface area (Å²) in [5.41, 5.74) is 6.88. The van der Waals surface area contributed by atoms with Crippen LogP contribution in [0.4, 0.5) is 5.82 Å². The fraction of sp³-hybridized carbons (Fsp3) is 0.308. The number of halogens is 1. The smallest absolute Gasteiger partial charge is 0.164 e. The number of rotatable bonds is 5. The third kappa shape index (κ3) is 2.77. The summed E-state index contributed by atoms with van der Waals surface area (Å²) in [7, 11) is 4.80. The van der Waals surface area contributed by atoms with Crippen LogP contribution in [0.3, 0.4) is 0 Å². The van der Waals surface area contributed by atoms with Crippen molar-refractivity contribution in [1.29, 1.82) is 0 Å². The highest BCUT2D eigenvalue weighted by molar-refractivity contribution is 14.1. The fourth-order valence-electron chi connectivity index (χ4n) is 1.88. The Labute approximate surface area is 130 Å². The van der Waals surface area contributed by atoms with Crippen LogP contribution in [0.1, 0.15) is 5.56 Å². The van der Waals surface area contributed by atoms with Gasteiger partial charge in [-0.05, 0) is 28.7 Å². The quantitative estimate of drug-likeness (QED) is 0.794. The predicted octanol–water partition coefficient (Wildman–Crippen LogP) is 2.14. The number of benzene rings is 1. The van der Waals surface area contributed by atoms with Crippen LogP contribution in [0.15, 0.2) is 18.3 Å². The van der Waals surface area contributed by atoms with Crippen molar-refractivity contribution in [1.82, 2.24) is 9.78 Å². The maximum absolute atomic E-state index is 5.96. The molecule has 1 aromatic heterocycles. The summed E-state index contributed by atoms with van der Waals surface area (Å²) in [5.74, 6) is 2.59. The fourth-order valence-corrected chi connectivity index (χ4v) is 2.28. The van der Waals surface area contributed by atoms with Crippen LogP contribution in [0.2, 0.25) is 0 Å². The van der Waals surface area contributed by atoms with Crippen molar-refractivity contribution in [2.45, 2.75) is 6.54 Å².